The Balaban J connectivity index is 2.92. The second-order valence-corrected chi connectivity index (χ2v) is 2.90. The van der Waals surface area contributed by atoms with Crippen molar-refractivity contribution in [3.63, 3.8) is 0 Å². The van der Waals surface area contributed by atoms with Gasteiger partial charge in [-0.1, -0.05) is 0 Å². The zero-order valence-corrected chi connectivity index (χ0v) is 7.50. The third-order valence-corrected chi connectivity index (χ3v) is 1.63. The van der Waals surface area contributed by atoms with Crippen molar-refractivity contribution in [2.45, 2.75) is 5.38 Å². The summed E-state index contributed by atoms with van der Waals surface area (Å²) in [6.45, 7) is 0. The van der Waals surface area contributed by atoms with Gasteiger partial charge in [0.05, 0.1) is 0 Å². The van der Waals surface area contributed by atoms with E-state index in [0.29, 0.717) is 6.29 Å². The second-order valence-electron chi connectivity index (χ2n) is 2.40. The number of alkyl halides is 1. The first kappa shape index (κ1) is 10.4. The van der Waals surface area contributed by atoms with Crippen LogP contribution in [0.1, 0.15) is 0 Å². The molecule has 0 aromatic rings. The maximum atomic E-state index is 11.0. The normalized spacial score (nSPS) is 18.4. The maximum Gasteiger partial charge on any atom is 0.328 e. The SMILES string of the molecule is O=CC(Cl)C=C1C(=O)NC(=O)NC1=O. The van der Waals surface area contributed by atoms with Crippen molar-refractivity contribution in [2.24, 2.45) is 0 Å². The number of barbiturate groups is 1. The van der Waals surface area contributed by atoms with Crippen LogP contribution in [0.2, 0.25) is 0 Å². The van der Waals surface area contributed by atoms with Gasteiger partial charge in [0.15, 0.2) is 0 Å². The van der Waals surface area contributed by atoms with Crippen LogP contribution < -0.4 is 10.6 Å². The van der Waals surface area contributed by atoms with Crippen molar-refractivity contribution in [2.75, 3.05) is 0 Å². The summed E-state index contributed by atoms with van der Waals surface area (Å²) < 4.78 is 0. The number of rotatable bonds is 2. The van der Waals surface area contributed by atoms with Crippen LogP contribution in [0.4, 0.5) is 4.79 Å². The lowest BCUT2D eigenvalue weighted by Gasteiger charge is -2.13. The Morgan fingerprint density at radius 2 is 1.64 bits per heavy atom. The molecule has 1 aliphatic rings. The number of aldehydes is 1. The third kappa shape index (κ3) is 2.17. The summed E-state index contributed by atoms with van der Waals surface area (Å²) in [5, 5.41) is 2.60. The van der Waals surface area contributed by atoms with E-state index in [0.717, 1.165) is 6.08 Å². The number of hydrogen-bond donors (Lipinski definition) is 2. The van der Waals surface area contributed by atoms with E-state index in [2.05, 4.69) is 0 Å². The lowest BCUT2D eigenvalue weighted by molar-refractivity contribution is -0.124. The molecule has 1 fully saturated rings. The van der Waals surface area contributed by atoms with E-state index in [9.17, 15) is 19.2 Å². The molecule has 7 heteroatoms. The Morgan fingerprint density at radius 1 is 1.14 bits per heavy atom. The molecule has 1 unspecified atom stereocenters. The topological polar surface area (TPSA) is 92.3 Å². The van der Waals surface area contributed by atoms with E-state index >= 15 is 0 Å². The number of imide groups is 2. The van der Waals surface area contributed by atoms with Crippen molar-refractivity contribution in [1.29, 1.82) is 0 Å². The van der Waals surface area contributed by atoms with Crippen LogP contribution in [-0.4, -0.2) is 29.5 Å². The van der Waals surface area contributed by atoms with Crippen molar-refractivity contribution in [3.05, 3.63) is 11.6 Å². The highest BCUT2D eigenvalue weighted by atomic mass is 35.5. The molecule has 0 aromatic carbocycles. The van der Waals surface area contributed by atoms with Crippen LogP contribution in [0.25, 0.3) is 0 Å². The average Bonchev–Trinajstić information content (AvgIpc) is 2.10. The summed E-state index contributed by atoms with van der Waals surface area (Å²) in [4.78, 5) is 42.8. The molecule has 0 saturated carbocycles. The van der Waals surface area contributed by atoms with E-state index < -0.39 is 23.2 Å². The Labute approximate surface area is 83.3 Å². The number of allylic oxidation sites excluding steroid dienone is 1. The first-order valence-electron chi connectivity index (χ1n) is 3.52. The van der Waals surface area contributed by atoms with Gasteiger partial charge in [0.1, 0.15) is 17.2 Å². The molecule has 0 aliphatic carbocycles. The van der Waals surface area contributed by atoms with Gasteiger partial charge in [0, 0.05) is 0 Å². The molecule has 0 aromatic heterocycles. The van der Waals surface area contributed by atoms with Crippen molar-refractivity contribution < 1.29 is 19.2 Å². The molecule has 1 saturated heterocycles. The average molecular weight is 217 g/mol. The number of halogens is 1. The molecule has 14 heavy (non-hydrogen) atoms. The van der Waals surface area contributed by atoms with E-state index in [1.807, 2.05) is 10.6 Å². The Hall–Kier alpha value is -1.69. The fraction of sp³-hybridized carbons (Fsp3) is 0.143. The van der Waals surface area contributed by atoms with Crippen molar-refractivity contribution >= 4 is 35.7 Å². The highest BCUT2D eigenvalue weighted by Crippen LogP contribution is 2.04. The van der Waals surface area contributed by atoms with E-state index in [4.69, 9.17) is 11.6 Å². The molecule has 0 radical (unpaired) electrons. The molecule has 1 atom stereocenters. The Kier molecular flexibility index (Phi) is 2.98. The number of urea groups is 1. The highest BCUT2D eigenvalue weighted by Gasteiger charge is 2.28. The molecule has 74 valence electrons. The van der Waals surface area contributed by atoms with Gasteiger partial charge >= 0.3 is 6.03 Å². The van der Waals surface area contributed by atoms with Crippen LogP contribution >= 0.6 is 11.6 Å². The molecule has 6 nitrogen and oxygen atoms in total. The van der Waals surface area contributed by atoms with Crippen LogP contribution in [0, 0.1) is 0 Å². The number of hydrogen-bond acceptors (Lipinski definition) is 4. The standard InChI is InChI=1S/C7H5ClN2O4/c8-3(2-11)1-4-5(12)9-7(14)10-6(4)13/h1-3H,(H2,9,10,12,13,14). The molecule has 2 N–H and O–H groups in total. The fourth-order valence-electron chi connectivity index (χ4n) is 0.825. The monoisotopic (exact) mass is 216 g/mol. The van der Waals surface area contributed by atoms with Gasteiger partial charge in [0.25, 0.3) is 11.8 Å². The highest BCUT2D eigenvalue weighted by molar-refractivity contribution is 6.33. The maximum absolute atomic E-state index is 11.0. The zero-order valence-electron chi connectivity index (χ0n) is 6.74. The minimum absolute atomic E-state index is 0.350. The predicted molar refractivity (Wildman–Crippen MR) is 45.5 cm³/mol. The molecule has 1 rings (SSSR count). The lowest BCUT2D eigenvalue weighted by Crippen LogP contribution is -2.51. The number of carbonyl (C=O) groups is 4. The molecular weight excluding hydrogens is 212 g/mol. The summed E-state index contributed by atoms with van der Waals surface area (Å²) >= 11 is 5.38. The van der Waals surface area contributed by atoms with Crippen molar-refractivity contribution in [3.8, 4) is 0 Å². The lowest BCUT2D eigenvalue weighted by atomic mass is 10.1. The largest absolute Gasteiger partial charge is 0.328 e. The van der Waals surface area contributed by atoms with Crippen LogP contribution in [0.5, 0.6) is 0 Å². The van der Waals surface area contributed by atoms with Gasteiger partial charge in [-0.25, -0.2) is 4.79 Å². The van der Waals surface area contributed by atoms with Gasteiger partial charge in [0.2, 0.25) is 0 Å². The van der Waals surface area contributed by atoms with Crippen molar-refractivity contribution in [1.82, 2.24) is 10.6 Å². The van der Waals surface area contributed by atoms with Gasteiger partial charge in [-0.15, -0.1) is 11.6 Å². The first-order valence-corrected chi connectivity index (χ1v) is 3.96. The predicted octanol–water partition coefficient (Wildman–Crippen LogP) is -0.915. The number of carbonyl (C=O) groups excluding carboxylic acids is 4. The Bertz CT molecular complexity index is 328. The molecule has 1 heterocycles. The summed E-state index contributed by atoms with van der Waals surface area (Å²) in [7, 11) is 0. The molecule has 1 aliphatic heterocycles. The molecule has 4 amide bonds. The fourth-order valence-corrected chi connectivity index (χ4v) is 0.951. The quantitative estimate of drug-likeness (QED) is 0.270. The van der Waals surface area contributed by atoms with Gasteiger partial charge in [-0.05, 0) is 6.08 Å². The minimum atomic E-state index is -1.07. The van der Waals surface area contributed by atoms with Crippen LogP contribution in [0.3, 0.4) is 0 Å². The van der Waals surface area contributed by atoms with E-state index in [1.165, 1.54) is 0 Å². The van der Waals surface area contributed by atoms with Gasteiger partial charge in [-0.3, -0.25) is 20.2 Å². The molecular formula is C7H5ClN2O4. The smallest absolute Gasteiger partial charge is 0.301 e. The van der Waals surface area contributed by atoms with E-state index in [1.54, 1.807) is 0 Å². The van der Waals surface area contributed by atoms with Crippen LogP contribution in [0.15, 0.2) is 11.6 Å². The Morgan fingerprint density at radius 3 is 2.07 bits per heavy atom. The van der Waals surface area contributed by atoms with Crippen LogP contribution in [-0.2, 0) is 14.4 Å². The summed E-state index contributed by atoms with van der Waals surface area (Å²) in [6, 6.07) is -0.894. The second kappa shape index (κ2) is 4.01. The number of nitrogens with one attached hydrogen (secondary N) is 2. The number of amides is 4. The summed E-state index contributed by atoms with van der Waals surface area (Å²) in [5.41, 5.74) is -0.350. The van der Waals surface area contributed by atoms with Gasteiger partial charge < -0.3 is 4.79 Å². The van der Waals surface area contributed by atoms with E-state index in [-0.39, 0.29) is 5.57 Å². The first-order chi connectivity index (χ1) is 6.54. The minimum Gasteiger partial charge on any atom is -0.301 e. The molecule has 0 bridgehead atoms. The van der Waals surface area contributed by atoms with Gasteiger partial charge in [-0.2, -0.15) is 0 Å². The molecule has 0 spiro atoms. The third-order valence-electron chi connectivity index (χ3n) is 1.40. The summed E-state index contributed by atoms with van der Waals surface area (Å²) in [5.74, 6) is -1.74. The zero-order chi connectivity index (χ0) is 10.7. The summed E-state index contributed by atoms with van der Waals surface area (Å²) in [6.07, 6.45) is 1.32.